The Kier molecular flexibility index (Phi) is 3.90. The molecule has 0 aliphatic rings. The summed E-state index contributed by atoms with van der Waals surface area (Å²) in [6.07, 6.45) is 7.42. The van der Waals surface area contributed by atoms with Gasteiger partial charge in [0, 0.05) is 5.39 Å². The molecule has 0 radical (unpaired) electrons. The van der Waals surface area contributed by atoms with Crippen LogP contribution in [0.5, 0.6) is 5.75 Å². The lowest BCUT2D eigenvalue weighted by molar-refractivity contribution is 0.364. The van der Waals surface area contributed by atoms with Gasteiger partial charge in [-0.05, 0) is 42.0 Å². The Morgan fingerprint density at radius 3 is 2.67 bits per heavy atom. The van der Waals surface area contributed by atoms with Gasteiger partial charge in [-0.25, -0.2) is 0 Å². The first-order chi connectivity index (χ1) is 11.9. The van der Waals surface area contributed by atoms with Crippen LogP contribution in [0.1, 0.15) is 5.56 Å². The van der Waals surface area contributed by atoms with Crippen molar-refractivity contribution < 1.29 is 13.6 Å². The van der Waals surface area contributed by atoms with E-state index in [-0.39, 0.29) is 0 Å². The number of hydrogen-bond donors (Lipinski definition) is 0. The molecule has 0 saturated heterocycles. The van der Waals surface area contributed by atoms with Crippen molar-refractivity contribution in [3.05, 3.63) is 84.8 Å². The normalized spacial score (nSPS) is 11.3. The molecular formula is C21H16O3. The van der Waals surface area contributed by atoms with Gasteiger partial charge in [-0.2, -0.15) is 0 Å². The van der Waals surface area contributed by atoms with E-state index in [1.807, 2.05) is 60.7 Å². The fourth-order valence-electron chi connectivity index (χ4n) is 2.61. The van der Waals surface area contributed by atoms with Crippen molar-refractivity contribution in [2.24, 2.45) is 0 Å². The zero-order chi connectivity index (χ0) is 16.2. The van der Waals surface area contributed by atoms with Gasteiger partial charge in [0.2, 0.25) is 0 Å². The molecule has 0 aliphatic carbocycles. The first kappa shape index (κ1) is 14.4. The summed E-state index contributed by atoms with van der Waals surface area (Å²) in [5, 5.41) is 0.981. The monoisotopic (exact) mass is 316 g/mol. The molecular weight excluding hydrogens is 300 g/mol. The van der Waals surface area contributed by atoms with E-state index in [0.29, 0.717) is 6.61 Å². The summed E-state index contributed by atoms with van der Waals surface area (Å²) in [4.78, 5) is 0. The van der Waals surface area contributed by atoms with Gasteiger partial charge in [0.15, 0.2) is 0 Å². The average Bonchev–Trinajstić information content (AvgIpc) is 3.28. The van der Waals surface area contributed by atoms with Crippen molar-refractivity contribution in [2.45, 2.75) is 0 Å². The summed E-state index contributed by atoms with van der Waals surface area (Å²) in [5.74, 6) is 1.59. The molecule has 3 heteroatoms. The molecule has 0 amide bonds. The average molecular weight is 316 g/mol. The van der Waals surface area contributed by atoms with E-state index < -0.39 is 0 Å². The number of hydrogen-bond acceptors (Lipinski definition) is 3. The van der Waals surface area contributed by atoms with Crippen LogP contribution in [-0.2, 0) is 0 Å². The maximum Gasteiger partial charge on any atom is 0.137 e. The van der Waals surface area contributed by atoms with Crippen LogP contribution < -0.4 is 4.74 Å². The molecule has 0 bridgehead atoms. The Bertz CT molecular complexity index is 947. The second-order valence-corrected chi connectivity index (χ2v) is 5.41. The number of fused-ring (bicyclic) bond motifs is 1. The van der Waals surface area contributed by atoms with Gasteiger partial charge in [0.25, 0.3) is 0 Å². The van der Waals surface area contributed by atoms with Crippen LogP contribution in [0.25, 0.3) is 28.4 Å². The molecule has 24 heavy (non-hydrogen) atoms. The number of ether oxygens (including phenoxy) is 1. The molecule has 0 atom stereocenters. The molecule has 0 saturated carbocycles. The van der Waals surface area contributed by atoms with Crippen LogP contribution in [0.15, 0.2) is 88.1 Å². The van der Waals surface area contributed by atoms with Crippen LogP contribution in [-0.4, -0.2) is 6.61 Å². The third-order valence-electron chi connectivity index (χ3n) is 3.79. The third kappa shape index (κ3) is 2.97. The van der Waals surface area contributed by atoms with E-state index in [1.54, 1.807) is 12.5 Å². The zero-order valence-electron chi connectivity index (χ0n) is 13.0. The molecule has 2 aromatic carbocycles. The molecule has 4 rings (SSSR count). The van der Waals surface area contributed by atoms with Crippen LogP contribution in [0.2, 0.25) is 0 Å². The molecule has 2 heterocycles. The molecule has 4 aromatic rings. The Hall–Kier alpha value is -3.20. The van der Waals surface area contributed by atoms with E-state index in [9.17, 15) is 0 Å². The minimum Gasteiger partial charge on any atom is -0.490 e. The predicted molar refractivity (Wildman–Crippen MR) is 94.9 cm³/mol. The summed E-state index contributed by atoms with van der Waals surface area (Å²) in [7, 11) is 0. The van der Waals surface area contributed by atoms with E-state index in [1.165, 1.54) is 0 Å². The molecule has 2 aromatic heterocycles. The van der Waals surface area contributed by atoms with Gasteiger partial charge in [0.1, 0.15) is 30.0 Å². The van der Waals surface area contributed by atoms with E-state index in [2.05, 4.69) is 12.1 Å². The van der Waals surface area contributed by atoms with Crippen molar-refractivity contribution in [3.63, 3.8) is 0 Å². The summed E-state index contributed by atoms with van der Waals surface area (Å²) >= 11 is 0. The standard InChI is InChI=1S/C21H16O3/c1-2-6-16(7-3-1)8-4-12-22-17-10-11-21-18(14-17)19(15-24-21)20-9-5-13-23-20/h1-11,13-15H,12H2. The predicted octanol–water partition coefficient (Wildman–Crippen LogP) is 5.79. The van der Waals surface area contributed by atoms with Crippen molar-refractivity contribution >= 4 is 17.0 Å². The maximum atomic E-state index is 5.82. The van der Waals surface area contributed by atoms with Crippen molar-refractivity contribution in [1.82, 2.24) is 0 Å². The van der Waals surface area contributed by atoms with Crippen LogP contribution in [0.4, 0.5) is 0 Å². The SMILES string of the molecule is C(=Cc1ccccc1)COc1ccc2occ(-c3ccco3)c2c1. The maximum absolute atomic E-state index is 5.82. The van der Waals surface area contributed by atoms with Gasteiger partial charge >= 0.3 is 0 Å². The molecule has 3 nitrogen and oxygen atoms in total. The number of furan rings is 2. The topological polar surface area (TPSA) is 35.5 Å². The van der Waals surface area contributed by atoms with E-state index in [4.69, 9.17) is 13.6 Å². The van der Waals surface area contributed by atoms with Crippen molar-refractivity contribution in [3.8, 4) is 17.1 Å². The highest BCUT2D eigenvalue weighted by Crippen LogP contribution is 2.33. The fraction of sp³-hybridized carbons (Fsp3) is 0.0476. The second kappa shape index (κ2) is 6.50. The third-order valence-corrected chi connectivity index (χ3v) is 3.79. The van der Waals surface area contributed by atoms with Gasteiger partial charge in [0.05, 0.1) is 11.8 Å². The van der Waals surface area contributed by atoms with E-state index >= 15 is 0 Å². The Balaban J connectivity index is 1.51. The van der Waals surface area contributed by atoms with Gasteiger partial charge in [-0.15, -0.1) is 0 Å². The molecule has 0 N–H and O–H groups in total. The zero-order valence-corrected chi connectivity index (χ0v) is 13.0. The Morgan fingerprint density at radius 2 is 1.83 bits per heavy atom. The van der Waals surface area contributed by atoms with Crippen LogP contribution in [0.3, 0.4) is 0 Å². The van der Waals surface area contributed by atoms with Gasteiger partial charge in [-0.3, -0.25) is 0 Å². The molecule has 0 spiro atoms. The van der Waals surface area contributed by atoms with Crippen LogP contribution in [0, 0.1) is 0 Å². The molecule has 0 aliphatic heterocycles. The van der Waals surface area contributed by atoms with Crippen molar-refractivity contribution in [2.75, 3.05) is 6.61 Å². The highest BCUT2D eigenvalue weighted by Gasteiger charge is 2.11. The van der Waals surface area contributed by atoms with Gasteiger partial charge in [-0.1, -0.05) is 36.4 Å². The fourth-order valence-corrected chi connectivity index (χ4v) is 2.61. The summed E-state index contributed by atoms with van der Waals surface area (Å²) < 4.78 is 16.9. The first-order valence-corrected chi connectivity index (χ1v) is 7.80. The highest BCUT2D eigenvalue weighted by atomic mass is 16.5. The quantitative estimate of drug-likeness (QED) is 0.468. The lowest BCUT2D eigenvalue weighted by Gasteiger charge is -2.03. The summed E-state index contributed by atoms with van der Waals surface area (Å²) in [6, 6.07) is 19.7. The Morgan fingerprint density at radius 1 is 0.917 bits per heavy atom. The minimum atomic E-state index is 0.508. The first-order valence-electron chi connectivity index (χ1n) is 7.80. The lowest BCUT2D eigenvalue weighted by atomic mass is 10.1. The van der Waals surface area contributed by atoms with Crippen molar-refractivity contribution in [1.29, 1.82) is 0 Å². The number of rotatable bonds is 5. The number of benzene rings is 2. The van der Waals surface area contributed by atoms with Gasteiger partial charge < -0.3 is 13.6 Å². The Labute approximate surface area is 139 Å². The van der Waals surface area contributed by atoms with Crippen LogP contribution >= 0.6 is 0 Å². The summed E-state index contributed by atoms with van der Waals surface area (Å²) in [5.41, 5.74) is 2.90. The molecule has 118 valence electrons. The smallest absolute Gasteiger partial charge is 0.137 e. The minimum absolute atomic E-state index is 0.508. The highest BCUT2D eigenvalue weighted by molar-refractivity contribution is 5.93. The lowest BCUT2D eigenvalue weighted by Crippen LogP contribution is -1.92. The summed E-state index contributed by atoms with van der Waals surface area (Å²) in [6.45, 7) is 0.508. The second-order valence-electron chi connectivity index (χ2n) is 5.41. The molecule has 0 fully saturated rings. The molecule has 0 unspecified atom stereocenters. The largest absolute Gasteiger partial charge is 0.490 e. The van der Waals surface area contributed by atoms with E-state index in [0.717, 1.165) is 33.6 Å².